The van der Waals surface area contributed by atoms with E-state index in [9.17, 15) is 9.59 Å². The average Bonchev–Trinajstić information content (AvgIpc) is 2.34. The molecule has 1 fully saturated rings. The van der Waals surface area contributed by atoms with E-state index < -0.39 is 18.2 Å². The largest absolute Gasteiger partial charge is 0.481 e. The van der Waals surface area contributed by atoms with Gasteiger partial charge in [-0.1, -0.05) is 0 Å². The van der Waals surface area contributed by atoms with E-state index in [1.807, 2.05) is 4.90 Å². The summed E-state index contributed by atoms with van der Waals surface area (Å²) in [6.07, 6.45) is -0.773. The number of carboxylic acids is 2. The Bertz CT molecular complexity index is 289. The van der Waals surface area contributed by atoms with Gasteiger partial charge in [0.2, 0.25) is 6.23 Å². The maximum atomic E-state index is 11.0. The number of carbonyl (C=O) groups is 2. The van der Waals surface area contributed by atoms with Crippen molar-refractivity contribution in [3.8, 4) is 0 Å². The van der Waals surface area contributed by atoms with Crippen LogP contribution in [0.4, 0.5) is 0 Å². The lowest BCUT2D eigenvalue weighted by molar-refractivity contribution is -0.166. The Morgan fingerprint density at radius 3 is 2.28 bits per heavy atom. The first-order valence-corrected chi connectivity index (χ1v) is 6.07. The van der Waals surface area contributed by atoms with Crippen molar-refractivity contribution in [3.05, 3.63) is 0 Å². The van der Waals surface area contributed by atoms with Crippen LogP contribution in [-0.4, -0.2) is 77.5 Å². The lowest BCUT2D eigenvalue weighted by Crippen LogP contribution is -2.53. The highest BCUT2D eigenvalue weighted by atomic mass is 16.5. The van der Waals surface area contributed by atoms with E-state index in [1.165, 1.54) is 0 Å². The molecule has 0 aromatic rings. The van der Waals surface area contributed by atoms with Crippen molar-refractivity contribution in [3.63, 3.8) is 0 Å². The first-order chi connectivity index (χ1) is 8.54. The first kappa shape index (κ1) is 14.9. The molecule has 0 aromatic carbocycles. The molecule has 1 unspecified atom stereocenters. The molecule has 0 aromatic heterocycles. The fourth-order valence-corrected chi connectivity index (χ4v) is 1.97. The Balaban J connectivity index is 2.37. The molecule has 0 aliphatic carbocycles. The molecule has 0 saturated carbocycles. The molecule has 0 amide bonds. The standard InChI is InChI=1S/C11H20N2O5/c1-2-18-10(11(16)17)13-7-5-12(6-8-13)4-3-9(14)15/h10H,2-8H2,1H3,(H,14,15)(H,16,17). The number of piperazine rings is 1. The van der Waals surface area contributed by atoms with Gasteiger partial charge in [0.1, 0.15) is 0 Å². The summed E-state index contributed by atoms with van der Waals surface area (Å²) in [6, 6.07) is 0. The second-order valence-corrected chi connectivity index (χ2v) is 4.17. The Hall–Kier alpha value is -1.18. The quantitative estimate of drug-likeness (QED) is 0.639. The van der Waals surface area contributed by atoms with E-state index in [4.69, 9.17) is 14.9 Å². The monoisotopic (exact) mass is 260 g/mol. The van der Waals surface area contributed by atoms with Crippen molar-refractivity contribution in [1.29, 1.82) is 0 Å². The predicted molar refractivity (Wildman–Crippen MR) is 63.3 cm³/mol. The minimum Gasteiger partial charge on any atom is -0.481 e. The van der Waals surface area contributed by atoms with Gasteiger partial charge in [0.05, 0.1) is 6.42 Å². The minimum atomic E-state index is -0.976. The molecule has 18 heavy (non-hydrogen) atoms. The summed E-state index contributed by atoms with van der Waals surface area (Å²) in [5.74, 6) is -1.79. The summed E-state index contributed by atoms with van der Waals surface area (Å²) >= 11 is 0. The molecule has 7 nitrogen and oxygen atoms in total. The van der Waals surface area contributed by atoms with Crippen LogP contribution in [0.15, 0.2) is 0 Å². The summed E-state index contributed by atoms with van der Waals surface area (Å²) in [4.78, 5) is 25.3. The van der Waals surface area contributed by atoms with Crippen LogP contribution < -0.4 is 0 Å². The fourth-order valence-electron chi connectivity index (χ4n) is 1.97. The Kier molecular flexibility index (Phi) is 6.03. The number of hydrogen-bond donors (Lipinski definition) is 2. The normalized spacial score (nSPS) is 19.6. The minimum absolute atomic E-state index is 0.119. The van der Waals surface area contributed by atoms with Gasteiger partial charge < -0.3 is 19.8 Å². The SMILES string of the molecule is CCOC(C(=O)O)N1CCN(CCC(=O)O)CC1. The van der Waals surface area contributed by atoms with Crippen LogP contribution in [0.1, 0.15) is 13.3 Å². The maximum Gasteiger partial charge on any atom is 0.348 e. The Labute approximate surface area is 106 Å². The zero-order chi connectivity index (χ0) is 13.5. The molecule has 1 aliphatic heterocycles. The van der Waals surface area contributed by atoms with Crippen LogP contribution in [0.3, 0.4) is 0 Å². The Morgan fingerprint density at radius 2 is 1.83 bits per heavy atom. The summed E-state index contributed by atoms with van der Waals surface area (Å²) in [7, 11) is 0. The number of ether oxygens (including phenoxy) is 1. The molecule has 1 atom stereocenters. The number of nitrogens with zero attached hydrogens (tertiary/aromatic N) is 2. The summed E-state index contributed by atoms with van der Waals surface area (Å²) < 4.78 is 5.19. The molecule has 0 spiro atoms. The lowest BCUT2D eigenvalue weighted by Gasteiger charge is -2.37. The predicted octanol–water partition coefficient (Wildman–Crippen LogP) is -0.474. The lowest BCUT2D eigenvalue weighted by atomic mass is 10.2. The second kappa shape index (κ2) is 7.30. The number of carboxylic acid groups (broad SMARTS) is 2. The molecule has 1 aliphatic rings. The van der Waals surface area contributed by atoms with Gasteiger partial charge in [-0.25, -0.2) is 4.79 Å². The van der Waals surface area contributed by atoms with Gasteiger partial charge in [-0.3, -0.25) is 9.69 Å². The van der Waals surface area contributed by atoms with Crippen molar-refractivity contribution in [2.24, 2.45) is 0 Å². The third-order valence-corrected chi connectivity index (χ3v) is 2.92. The van der Waals surface area contributed by atoms with E-state index in [1.54, 1.807) is 11.8 Å². The van der Waals surface area contributed by atoms with Crippen molar-refractivity contribution >= 4 is 11.9 Å². The zero-order valence-corrected chi connectivity index (χ0v) is 10.5. The van der Waals surface area contributed by atoms with E-state index in [0.29, 0.717) is 39.3 Å². The van der Waals surface area contributed by atoms with Gasteiger partial charge in [0, 0.05) is 39.3 Å². The first-order valence-electron chi connectivity index (χ1n) is 6.07. The van der Waals surface area contributed by atoms with Crippen LogP contribution in [0.25, 0.3) is 0 Å². The Morgan fingerprint density at radius 1 is 1.22 bits per heavy atom. The molecule has 1 saturated heterocycles. The van der Waals surface area contributed by atoms with E-state index in [2.05, 4.69) is 0 Å². The van der Waals surface area contributed by atoms with Gasteiger partial charge in [-0.15, -0.1) is 0 Å². The van der Waals surface area contributed by atoms with Crippen molar-refractivity contribution in [1.82, 2.24) is 9.80 Å². The highest BCUT2D eigenvalue weighted by molar-refractivity contribution is 5.71. The molecule has 2 N–H and O–H groups in total. The topological polar surface area (TPSA) is 90.3 Å². The molecule has 0 bridgehead atoms. The van der Waals surface area contributed by atoms with Crippen molar-refractivity contribution in [2.75, 3.05) is 39.3 Å². The van der Waals surface area contributed by atoms with Gasteiger partial charge in [0.15, 0.2) is 0 Å². The number of hydrogen-bond acceptors (Lipinski definition) is 5. The average molecular weight is 260 g/mol. The number of rotatable bonds is 7. The molecule has 1 heterocycles. The van der Waals surface area contributed by atoms with Crippen LogP contribution in [0.2, 0.25) is 0 Å². The molecule has 7 heteroatoms. The van der Waals surface area contributed by atoms with Crippen LogP contribution >= 0.6 is 0 Å². The van der Waals surface area contributed by atoms with Gasteiger partial charge in [-0.2, -0.15) is 0 Å². The molecule has 0 radical (unpaired) electrons. The van der Waals surface area contributed by atoms with Crippen LogP contribution in [0, 0.1) is 0 Å². The highest BCUT2D eigenvalue weighted by Gasteiger charge is 2.29. The molecule has 1 rings (SSSR count). The van der Waals surface area contributed by atoms with E-state index in [-0.39, 0.29) is 6.42 Å². The van der Waals surface area contributed by atoms with Gasteiger partial charge in [0.25, 0.3) is 0 Å². The molecular weight excluding hydrogens is 240 g/mol. The van der Waals surface area contributed by atoms with Gasteiger partial charge >= 0.3 is 11.9 Å². The van der Waals surface area contributed by atoms with Crippen molar-refractivity contribution in [2.45, 2.75) is 19.6 Å². The second-order valence-electron chi connectivity index (χ2n) is 4.17. The number of aliphatic carboxylic acids is 2. The molecule has 104 valence electrons. The highest BCUT2D eigenvalue weighted by Crippen LogP contribution is 2.08. The van der Waals surface area contributed by atoms with Crippen LogP contribution in [0.5, 0.6) is 0 Å². The zero-order valence-electron chi connectivity index (χ0n) is 10.5. The van der Waals surface area contributed by atoms with Gasteiger partial charge in [-0.05, 0) is 6.92 Å². The maximum absolute atomic E-state index is 11.0. The van der Waals surface area contributed by atoms with Crippen LogP contribution in [-0.2, 0) is 14.3 Å². The fraction of sp³-hybridized carbons (Fsp3) is 0.818. The third-order valence-electron chi connectivity index (χ3n) is 2.92. The smallest absolute Gasteiger partial charge is 0.348 e. The van der Waals surface area contributed by atoms with Crippen molar-refractivity contribution < 1.29 is 24.5 Å². The summed E-state index contributed by atoms with van der Waals surface area (Å²) in [5, 5.41) is 17.6. The third kappa shape index (κ3) is 4.59. The molecular formula is C11H20N2O5. The van der Waals surface area contributed by atoms with E-state index in [0.717, 1.165) is 0 Å². The summed E-state index contributed by atoms with van der Waals surface area (Å²) in [5.41, 5.74) is 0. The van der Waals surface area contributed by atoms with E-state index >= 15 is 0 Å². The summed E-state index contributed by atoms with van der Waals surface area (Å²) in [6.45, 7) is 5.13.